The Bertz CT molecular complexity index is 1050. The molecule has 5 rings (SSSR count). The molecule has 5 aliphatic rings. The zero-order valence-corrected chi connectivity index (χ0v) is 23.9. The molecule has 9 atom stereocenters. The van der Waals surface area contributed by atoms with E-state index in [0.29, 0.717) is 35.2 Å². The summed E-state index contributed by atoms with van der Waals surface area (Å²) in [6, 6.07) is 2.27. The van der Waals surface area contributed by atoms with E-state index < -0.39 is 5.41 Å². The predicted octanol–water partition coefficient (Wildman–Crippen LogP) is 7.14. The number of hydrogen-bond acceptors (Lipinski definition) is 4. The summed E-state index contributed by atoms with van der Waals surface area (Å²) in [4.78, 5) is 26.6. The summed E-state index contributed by atoms with van der Waals surface area (Å²) in [5.74, 6) is 2.80. The van der Waals surface area contributed by atoms with Crippen LogP contribution in [-0.4, -0.2) is 18.9 Å². The number of carbonyl (C=O) groups is 2. The molecule has 4 nitrogen and oxygen atoms in total. The van der Waals surface area contributed by atoms with Gasteiger partial charge >= 0.3 is 5.97 Å². The minimum atomic E-state index is -0.506. The van der Waals surface area contributed by atoms with Gasteiger partial charge < -0.3 is 4.74 Å². The average Bonchev–Trinajstić information content (AvgIpc) is 3.22. The summed E-state index contributed by atoms with van der Waals surface area (Å²) in [7, 11) is 1.58. The second-order valence-corrected chi connectivity index (χ2v) is 14.9. The van der Waals surface area contributed by atoms with Crippen molar-refractivity contribution in [2.75, 3.05) is 7.11 Å². The number of fused-ring (bicyclic) bond motifs is 7. The number of nitrogens with zero attached hydrogens (tertiary/aromatic N) is 1. The van der Waals surface area contributed by atoms with Crippen molar-refractivity contribution in [1.82, 2.24) is 0 Å². The van der Waals surface area contributed by atoms with Gasteiger partial charge in [-0.3, -0.25) is 9.59 Å². The van der Waals surface area contributed by atoms with Gasteiger partial charge in [-0.25, -0.2) is 0 Å². The van der Waals surface area contributed by atoms with E-state index >= 15 is 0 Å². The third-order valence-corrected chi connectivity index (χ3v) is 13.4. The van der Waals surface area contributed by atoms with Gasteiger partial charge in [0.05, 0.1) is 18.1 Å². The Kier molecular flexibility index (Phi) is 5.73. The molecule has 4 fully saturated rings. The number of methoxy groups -OCH3 is 1. The molecule has 0 heterocycles. The highest BCUT2D eigenvalue weighted by atomic mass is 16.5. The zero-order valence-electron chi connectivity index (χ0n) is 23.9. The van der Waals surface area contributed by atoms with E-state index in [1.807, 2.05) is 0 Å². The number of ether oxygens (including phenoxy) is 1. The molecule has 36 heavy (non-hydrogen) atoms. The molecular formula is C32H47NO3. The fourth-order valence-electron chi connectivity index (χ4n) is 11.5. The summed E-state index contributed by atoms with van der Waals surface area (Å²) in [6.45, 7) is 16.3. The van der Waals surface area contributed by atoms with Gasteiger partial charge in [-0.05, 0) is 103 Å². The highest BCUT2D eigenvalue weighted by Crippen LogP contribution is 2.77. The predicted molar refractivity (Wildman–Crippen MR) is 140 cm³/mol. The van der Waals surface area contributed by atoms with Gasteiger partial charge in [0.1, 0.15) is 6.07 Å². The molecule has 0 N–H and O–H groups in total. The fourth-order valence-corrected chi connectivity index (χ4v) is 11.5. The van der Waals surface area contributed by atoms with Crippen LogP contribution in [0.2, 0.25) is 0 Å². The molecule has 0 spiro atoms. The van der Waals surface area contributed by atoms with Crippen LogP contribution >= 0.6 is 0 Å². The number of ketones is 1. The van der Waals surface area contributed by atoms with Crippen molar-refractivity contribution in [3.05, 3.63) is 11.6 Å². The van der Waals surface area contributed by atoms with Crippen LogP contribution < -0.4 is 0 Å². The van der Waals surface area contributed by atoms with E-state index in [9.17, 15) is 14.9 Å². The summed E-state index contributed by atoms with van der Waals surface area (Å²) < 4.78 is 5.50. The molecule has 0 amide bonds. The first-order valence-corrected chi connectivity index (χ1v) is 14.5. The number of rotatable bonds is 2. The van der Waals surface area contributed by atoms with Gasteiger partial charge in [0.2, 0.25) is 0 Å². The van der Waals surface area contributed by atoms with Gasteiger partial charge in [0.25, 0.3) is 0 Å². The van der Waals surface area contributed by atoms with Crippen molar-refractivity contribution >= 4 is 11.8 Å². The van der Waals surface area contributed by atoms with Crippen LogP contribution in [0.1, 0.15) is 99.8 Å². The normalized spacial score (nSPS) is 49.2. The van der Waals surface area contributed by atoms with Crippen molar-refractivity contribution in [3.8, 4) is 6.07 Å². The lowest BCUT2D eigenvalue weighted by atomic mass is 9.32. The van der Waals surface area contributed by atoms with Crippen LogP contribution in [-0.2, 0) is 14.3 Å². The Balaban J connectivity index is 1.61. The summed E-state index contributed by atoms with van der Waals surface area (Å²) in [6.07, 6.45) is 10.6. The maximum Gasteiger partial charge on any atom is 0.312 e. The van der Waals surface area contributed by atoms with Gasteiger partial charge in [-0.1, -0.05) is 54.5 Å². The molecule has 0 aromatic rings. The monoisotopic (exact) mass is 493 g/mol. The fraction of sp³-hybridized carbons (Fsp3) is 0.844. The third kappa shape index (κ3) is 2.92. The minimum absolute atomic E-state index is 0.0298. The van der Waals surface area contributed by atoms with Gasteiger partial charge in [-0.2, -0.15) is 5.26 Å². The lowest BCUT2D eigenvalue weighted by Gasteiger charge is -2.71. The van der Waals surface area contributed by atoms with Crippen molar-refractivity contribution in [3.63, 3.8) is 0 Å². The summed E-state index contributed by atoms with van der Waals surface area (Å²) in [5, 5.41) is 9.90. The van der Waals surface area contributed by atoms with Crippen LogP contribution in [0, 0.1) is 73.9 Å². The van der Waals surface area contributed by atoms with E-state index in [-0.39, 0.29) is 39.3 Å². The third-order valence-electron chi connectivity index (χ3n) is 13.4. The number of carbonyl (C=O) groups excluding carboxylic acids is 2. The minimum Gasteiger partial charge on any atom is -0.469 e. The van der Waals surface area contributed by atoms with Gasteiger partial charge in [-0.15, -0.1) is 0 Å². The molecule has 4 saturated carbocycles. The van der Waals surface area contributed by atoms with E-state index in [2.05, 4.69) is 60.6 Å². The first-order chi connectivity index (χ1) is 16.7. The first-order valence-electron chi connectivity index (χ1n) is 14.5. The van der Waals surface area contributed by atoms with Gasteiger partial charge in [0.15, 0.2) is 5.78 Å². The highest BCUT2D eigenvalue weighted by molar-refractivity contribution is 6.04. The van der Waals surface area contributed by atoms with E-state index in [0.717, 1.165) is 51.4 Å². The highest BCUT2D eigenvalue weighted by Gasteiger charge is 2.72. The second kappa shape index (κ2) is 7.94. The first kappa shape index (κ1) is 26.0. The summed E-state index contributed by atoms with van der Waals surface area (Å²) in [5.41, 5.74) is -0.358. The van der Waals surface area contributed by atoms with Crippen molar-refractivity contribution < 1.29 is 14.3 Å². The van der Waals surface area contributed by atoms with E-state index in [1.54, 1.807) is 7.11 Å². The van der Waals surface area contributed by atoms with E-state index in [4.69, 9.17) is 4.74 Å². The quantitative estimate of drug-likeness (QED) is 0.384. The Morgan fingerprint density at radius 1 is 0.972 bits per heavy atom. The molecule has 5 aliphatic carbocycles. The molecule has 0 aromatic heterocycles. The molecule has 0 saturated heterocycles. The molecule has 0 aromatic carbocycles. The topological polar surface area (TPSA) is 67.2 Å². The molecular weight excluding hydrogens is 446 g/mol. The van der Waals surface area contributed by atoms with Crippen molar-refractivity contribution in [1.29, 1.82) is 5.26 Å². The standard InChI is InChI=1S/C32H47NO3/c1-19(2)21-11-14-32(27(35)36-8)16-15-30(6)22(25(21)32)9-10-24-29(5)17-20(18-33)26(34)28(3,4)23(29)12-13-31(24,30)7/h17,19,21-25H,9-16H2,1-8H3/t21-,22?,23?,24+,25?,29-,30+,31+,32-/m0/s1. The van der Waals surface area contributed by atoms with Gasteiger partial charge in [0, 0.05) is 5.41 Å². The largest absolute Gasteiger partial charge is 0.469 e. The second-order valence-electron chi connectivity index (χ2n) is 14.9. The molecule has 4 heteroatoms. The zero-order chi connectivity index (χ0) is 26.5. The number of allylic oxidation sites excluding steroid dienone is 2. The average molecular weight is 494 g/mol. The van der Waals surface area contributed by atoms with E-state index in [1.165, 1.54) is 0 Å². The molecule has 0 aliphatic heterocycles. The number of Topliss-reactive ketones (excluding diaryl/α,β-unsaturated/α-hetero) is 1. The maximum absolute atomic E-state index is 13.4. The summed E-state index contributed by atoms with van der Waals surface area (Å²) >= 11 is 0. The lowest BCUT2D eigenvalue weighted by molar-refractivity contribution is -0.224. The Morgan fingerprint density at radius 3 is 2.28 bits per heavy atom. The molecule has 198 valence electrons. The molecule has 3 unspecified atom stereocenters. The number of hydrogen-bond donors (Lipinski definition) is 0. The Labute approximate surface area is 218 Å². The van der Waals surface area contributed by atoms with Crippen molar-refractivity contribution in [2.45, 2.75) is 99.8 Å². The number of esters is 1. The van der Waals surface area contributed by atoms with Crippen LogP contribution in [0.15, 0.2) is 11.6 Å². The van der Waals surface area contributed by atoms with Crippen LogP contribution in [0.5, 0.6) is 0 Å². The van der Waals surface area contributed by atoms with Crippen LogP contribution in [0.3, 0.4) is 0 Å². The van der Waals surface area contributed by atoms with Crippen LogP contribution in [0.4, 0.5) is 0 Å². The SMILES string of the molecule is COC(=O)[C@]12CC[C@@H](C(C)C)C1C1CC[C@@H]3[C@@]4(C)C=C(C#N)C(=O)C(C)(C)C4CC[C@@]3(C)[C@]1(C)CC2. The Morgan fingerprint density at radius 2 is 1.67 bits per heavy atom. The van der Waals surface area contributed by atoms with Crippen LogP contribution in [0.25, 0.3) is 0 Å². The molecule has 0 radical (unpaired) electrons. The van der Waals surface area contributed by atoms with Crippen molar-refractivity contribution in [2.24, 2.45) is 62.6 Å². The smallest absolute Gasteiger partial charge is 0.312 e. The number of nitriles is 1. The lowest BCUT2D eigenvalue weighted by Crippen LogP contribution is -2.66. The maximum atomic E-state index is 13.4. The molecule has 0 bridgehead atoms. The Hall–Kier alpha value is -1.63.